The summed E-state index contributed by atoms with van der Waals surface area (Å²) < 4.78 is 29.1. The highest BCUT2D eigenvalue weighted by Gasteiger charge is 2.14. The van der Waals surface area contributed by atoms with E-state index in [1.807, 2.05) is 0 Å². The Hall–Kier alpha value is -2.38. The Bertz CT molecular complexity index is 536. The van der Waals surface area contributed by atoms with E-state index in [2.05, 4.69) is 15.4 Å². The normalized spacial score (nSPS) is 10.3. The Morgan fingerprint density at radius 1 is 1.32 bits per heavy atom. The van der Waals surface area contributed by atoms with Crippen molar-refractivity contribution < 1.29 is 23.1 Å². The molecule has 0 aliphatic rings. The number of aryl methyl sites for hydroxylation is 1. The molecule has 122 valence electrons. The Balaban J connectivity index is 2.62. The van der Waals surface area contributed by atoms with Crippen LogP contribution >= 0.6 is 0 Å². The van der Waals surface area contributed by atoms with Gasteiger partial charge in [0, 0.05) is 27.1 Å². The average molecular weight is 315 g/mol. The number of alkyl halides is 2. The molecule has 0 heterocycles. The van der Waals surface area contributed by atoms with Gasteiger partial charge in [0.05, 0.1) is 5.69 Å². The second-order valence-electron chi connectivity index (χ2n) is 4.75. The standard InChI is InChI=1S/C14H19F2N3O3/c1-9-5-4-6-10(22-13(15)16)12(9)18-14(21)17-8-7-11(20)19(2)3/h4-6,13H,7-8H2,1-3H3,(H2,17,18,21). The highest BCUT2D eigenvalue weighted by Crippen LogP contribution is 2.29. The van der Waals surface area contributed by atoms with Gasteiger partial charge in [-0.3, -0.25) is 4.79 Å². The van der Waals surface area contributed by atoms with Crippen LogP contribution in [0.3, 0.4) is 0 Å². The van der Waals surface area contributed by atoms with Gasteiger partial charge in [0.1, 0.15) is 5.75 Å². The van der Waals surface area contributed by atoms with Crippen LogP contribution in [0.15, 0.2) is 18.2 Å². The van der Waals surface area contributed by atoms with E-state index in [0.29, 0.717) is 5.56 Å². The SMILES string of the molecule is Cc1cccc(OC(F)F)c1NC(=O)NCCC(=O)N(C)C. The smallest absolute Gasteiger partial charge is 0.387 e. The minimum absolute atomic E-state index is 0.116. The molecule has 1 aromatic carbocycles. The summed E-state index contributed by atoms with van der Waals surface area (Å²) in [7, 11) is 3.23. The summed E-state index contributed by atoms with van der Waals surface area (Å²) in [5.41, 5.74) is 0.747. The van der Waals surface area contributed by atoms with E-state index >= 15 is 0 Å². The lowest BCUT2D eigenvalue weighted by Gasteiger charge is -2.15. The van der Waals surface area contributed by atoms with Gasteiger partial charge in [-0.15, -0.1) is 0 Å². The van der Waals surface area contributed by atoms with Crippen LogP contribution in [0, 0.1) is 6.92 Å². The molecule has 0 aliphatic heterocycles. The first-order valence-corrected chi connectivity index (χ1v) is 6.60. The van der Waals surface area contributed by atoms with Crippen LogP contribution in [0.1, 0.15) is 12.0 Å². The van der Waals surface area contributed by atoms with Crippen molar-refractivity contribution in [3.05, 3.63) is 23.8 Å². The third kappa shape index (κ3) is 5.55. The minimum Gasteiger partial charge on any atom is -0.433 e. The van der Waals surface area contributed by atoms with Crippen molar-refractivity contribution >= 4 is 17.6 Å². The fourth-order valence-electron chi connectivity index (χ4n) is 1.66. The van der Waals surface area contributed by atoms with Crippen molar-refractivity contribution in [1.82, 2.24) is 10.2 Å². The number of urea groups is 1. The maximum absolute atomic E-state index is 12.3. The number of carbonyl (C=O) groups is 2. The number of hydrogen-bond acceptors (Lipinski definition) is 3. The average Bonchev–Trinajstić information content (AvgIpc) is 2.41. The molecule has 0 radical (unpaired) electrons. The number of nitrogens with one attached hydrogen (secondary N) is 2. The van der Waals surface area contributed by atoms with E-state index in [0.717, 1.165) is 0 Å². The number of benzene rings is 1. The van der Waals surface area contributed by atoms with Gasteiger partial charge in [-0.05, 0) is 18.6 Å². The maximum Gasteiger partial charge on any atom is 0.387 e. The van der Waals surface area contributed by atoms with Gasteiger partial charge in [-0.25, -0.2) is 4.79 Å². The lowest BCUT2D eigenvalue weighted by molar-refractivity contribution is -0.128. The summed E-state index contributed by atoms with van der Waals surface area (Å²) in [4.78, 5) is 24.5. The van der Waals surface area contributed by atoms with Gasteiger partial charge in [0.25, 0.3) is 0 Å². The number of halogens is 2. The first-order valence-electron chi connectivity index (χ1n) is 6.60. The number of rotatable bonds is 6. The fourth-order valence-corrected chi connectivity index (χ4v) is 1.66. The lowest BCUT2D eigenvalue weighted by Crippen LogP contribution is -2.33. The van der Waals surface area contributed by atoms with E-state index in [9.17, 15) is 18.4 Å². The number of para-hydroxylation sites is 1. The van der Waals surface area contributed by atoms with Gasteiger partial charge in [-0.1, -0.05) is 12.1 Å². The number of nitrogens with zero attached hydrogens (tertiary/aromatic N) is 1. The van der Waals surface area contributed by atoms with E-state index in [1.54, 1.807) is 33.2 Å². The molecule has 2 N–H and O–H groups in total. The number of amides is 3. The molecule has 1 aromatic rings. The second-order valence-corrected chi connectivity index (χ2v) is 4.75. The van der Waals surface area contributed by atoms with Gasteiger partial charge < -0.3 is 20.3 Å². The van der Waals surface area contributed by atoms with Crippen LogP contribution in [0.4, 0.5) is 19.3 Å². The highest BCUT2D eigenvalue weighted by molar-refractivity contribution is 5.92. The molecule has 0 unspecified atom stereocenters. The Morgan fingerprint density at radius 2 is 2.00 bits per heavy atom. The Labute approximate surface area is 127 Å². The predicted octanol–water partition coefficient (Wildman–Crippen LogP) is 2.20. The molecule has 0 spiro atoms. The third-order valence-electron chi connectivity index (χ3n) is 2.81. The first-order chi connectivity index (χ1) is 10.3. The van der Waals surface area contributed by atoms with Crippen molar-refractivity contribution in [2.75, 3.05) is 26.0 Å². The molecule has 0 fully saturated rings. The molecule has 0 saturated heterocycles. The molecule has 22 heavy (non-hydrogen) atoms. The Kier molecular flexibility index (Phi) is 6.55. The summed E-state index contributed by atoms with van der Waals surface area (Å²) >= 11 is 0. The Morgan fingerprint density at radius 3 is 2.59 bits per heavy atom. The summed E-state index contributed by atoms with van der Waals surface area (Å²) in [5, 5.41) is 4.94. The van der Waals surface area contributed by atoms with Gasteiger partial charge in [-0.2, -0.15) is 8.78 Å². The fraction of sp³-hybridized carbons (Fsp3) is 0.429. The highest BCUT2D eigenvalue weighted by atomic mass is 19.3. The van der Waals surface area contributed by atoms with Gasteiger partial charge in [0.2, 0.25) is 5.91 Å². The molecule has 6 nitrogen and oxygen atoms in total. The summed E-state index contributed by atoms with van der Waals surface area (Å²) in [5.74, 6) is -0.243. The van der Waals surface area contributed by atoms with Crippen LogP contribution in [-0.2, 0) is 4.79 Å². The van der Waals surface area contributed by atoms with Crippen LogP contribution in [-0.4, -0.2) is 44.1 Å². The van der Waals surface area contributed by atoms with E-state index in [-0.39, 0.29) is 30.3 Å². The number of ether oxygens (including phenoxy) is 1. The van der Waals surface area contributed by atoms with Crippen LogP contribution in [0.5, 0.6) is 5.75 Å². The first kappa shape index (κ1) is 17.7. The molecular formula is C14H19F2N3O3. The van der Waals surface area contributed by atoms with Crippen molar-refractivity contribution in [2.24, 2.45) is 0 Å². The zero-order chi connectivity index (χ0) is 16.7. The van der Waals surface area contributed by atoms with Crippen LogP contribution in [0.2, 0.25) is 0 Å². The van der Waals surface area contributed by atoms with Gasteiger partial charge >= 0.3 is 12.6 Å². The molecule has 0 atom stereocenters. The van der Waals surface area contributed by atoms with E-state index in [4.69, 9.17) is 0 Å². The largest absolute Gasteiger partial charge is 0.433 e. The third-order valence-corrected chi connectivity index (χ3v) is 2.81. The molecule has 3 amide bonds. The summed E-state index contributed by atoms with van der Waals surface area (Å²) in [6.45, 7) is -1.19. The number of hydrogen-bond donors (Lipinski definition) is 2. The van der Waals surface area contributed by atoms with Crippen LogP contribution < -0.4 is 15.4 Å². The second kappa shape index (κ2) is 8.16. The zero-order valence-corrected chi connectivity index (χ0v) is 12.7. The quantitative estimate of drug-likeness (QED) is 0.845. The topological polar surface area (TPSA) is 70.7 Å². The molecule has 0 aliphatic carbocycles. The predicted molar refractivity (Wildman–Crippen MR) is 78.1 cm³/mol. The van der Waals surface area contributed by atoms with Gasteiger partial charge in [0.15, 0.2) is 0 Å². The number of carbonyl (C=O) groups excluding carboxylic acids is 2. The molecule has 8 heteroatoms. The molecular weight excluding hydrogens is 296 g/mol. The van der Waals surface area contributed by atoms with Crippen LogP contribution in [0.25, 0.3) is 0 Å². The molecule has 0 saturated carbocycles. The summed E-state index contributed by atoms with van der Waals surface area (Å²) in [6, 6.07) is 3.94. The van der Waals surface area contributed by atoms with Crippen molar-refractivity contribution in [2.45, 2.75) is 20.0 Å². The van der Waals surface area contributed by atoms with E-state index < -0.39 is 12.6 Å². The maximum atomic E-state index is 12.3. The number of anilines is 1. The molecule has 0 aromatic heterocycles. The lowest BCUT2D eigenvalue weighted by atomic mass is 10.2. The van der Waals surface area contributed by atoms with Crippen molar-refractivity contribution in [1.29, 1.82) is 0 Å². The van der Waals surface area contributed by atoms with Crippen molar-refractivity contribution in [3.63, 3.8) is 0 Å². The zero-order valence-electron chi connectivity index (χ0n) is 12.7. The monoisotopic (exact) mass is 315 g/mol. The molecule has 1 rings (SSSR count). The van der Waals surface area contributed by atoms with E-state index in [1.165, 1.54) is 11.0 Å². The minimum atomic E-state index is -2.98. The van der Waals surface area contributed by atoms with Crippen molar-refractivity contribution in [3.8, 4) is 5.75 Å². The summed E-state index contributed by atoms with van der Waals surface area (Å²) in [6.07, 6.45) is 0.147. The molecule has 0 bridgehead atoms.